The molecule has 3 heteroatoms. The lowest BCUT2D eigenvalue weighted by molar-refractivity contribution is -0.119. The molecule has 0 N–H and O–H groups in total. The zero-order valence-corrected chi connectivity index (χ0v) is 8.88. The second kappa shape index (κ2) is 5.78. The molecule has 0 aromatic heterocycles. The fourth-order valence-electron chi connectivity index (χ4n) is 1.18. The van der Waals surface area contributed by atoms with Crippen molar-refractivity contribution in [3.8, 4) is 0 Å². The maximum Gasteiger partial charge on any atom is 0.139 e. The highest BCUT2D eigenvalue weighted by molar-refractivity contribution is 6.30. The smallest absolute Gasteiger partial charge is 0.139 e. The minimum absolute atomic E-state index is 0.175. The molecule has 1 aromatic carbocycles. The Morgan fingerprint density at radius 2 is 2.29 bits per heavy atom. The van der Waals surface area contributed by atoms with E-state index >= 15 is 0 Å². The zero-order chi connectivity index (χ0) is 10.4. The Hall–Kier alpha value is -0.860. The standard InChI is InChI=1S/C11H13ClO2/c1-14-6-5-11(13)8-9-3-2-4-10(12)7-9/h2-4,7H,5-6,8H2,1H3. The first-order chi connectivity index (χ1) is 6.72. The van der Waals surface area contributed by atoms with Gasteiger partial charge in [-0.05, 0) is 17.7 Å². The number of methoxy groups -OCH3 is 1. The van der Waals surface area contributed by atoms with Crippen molar-refractivity contribution in [2.24, 2.45) is 0 Å². The molecule has 0 saturated carbocycles. The molecule has 2 nitrogen and oxygen atoms in total. The van der Waals surface area contributed by atoms with Gasteiger partial charge in [-0.2, -0.15) is 0 Å². The molecule has 0 amide bonds. The summed E-state index contributed by atoms with van der Waals surface area (Å²) in [6, 6.07) is 7.36. The van der Waals surface area contributed by atoms with E-state index in [1.54, 1.807) is 13.2 Å². The maximum atomic E-state index is 11.4. The lowest BCUT2D eigenvalue weighted by Gasteiger charge is -2.01. The largest absolute Gasteiger partial charge is 0.384 e. The van der Waals surface area contributed by atoms with Gasteiger partial charge in [0.2, 0.25) is 0 Å². The van der Waals surface area contributed by atoms with Gasteiger partial charge in [0.1, 0.15) is 5.78 Å². The highest BCUT2D eigenvalue weighted by Crippen LogP contribution is 2.11. The van der Waals surface area contributed by atoms with Crippen LogP contribution in [0.1, 0.15) is 12.0 Å². The van der Waals surface area contributed by atoms with Crippen LogP contribution in [0.15, 0.2) is 24.3 Å². The first-order valence-electron chi connectivity index (χ1n) is 4.47. The van der Waals surface area contributed by atoms with E-state index in [4.69, 9.17) is 16.3 Å². The van der Waals surface area contributed by atoms with E-state index in [2.05, 4.69) is 0 Å². The minimum Gasteiger partial charge on any atom is -0.384 e. The number of halogens is 1. The normalized spacial score (nSPS) is 10.1. The van der Waals surface area contributed by atoms with Crippen LogP contribution in [0, 0.1) is 0 Å². The third kappa shape index (κ3) is 3.90. The summed E-state index contributed by atoms with van der Waals surface area (Å²) in [6.07, 6.45) is 0.896. The van der Waals surface area contributed by atoms with Crippen molar-refractivity contribution in [2.45, 2.75) is 12.8 Å². The van der Waals surface area contributed by atoms with Crippen LogP contribution in [0.25, 0.3) is 0 Å². The molecule has 0 aliphatic heterocycles. The van der Waals surface area contributed by atoms with Crippen molar-refractivity contribution in [3.63, 3.8) is 0 Å². The molecular weight excluding hydrogens is 200 g/mol. The molecule has 76 valence electrons. The lowest BCUT2D eigenvalue weighted by atomic mass is 10.1. The highest BCUT2D eigenvalue weighted by atomic mass is 35.5. The number of hydrogen-bond acceptors (Lipinski definition) is 2. The van der Waals surface area contributed by atoms with Gasteiger partial charge >= 0.3 is 0 Å². The van der Waals surface area contributed by atoms with Gasteiger partial charge in [-0.25, -0.2) is 0 Å². The summed E-state index contributed by atoms with van der Waals surface area (Å²) in [5.41, 5.74) is 0.957. The number of Topliss-reactive ketones (excluding diaryl/α,β-unsaturated/α-hetero) is 1. The van der Waals surface area contributed by atoms with Gasteiger partial charge in [0.05, 0.1) is 6.61 Å². The monoisotopic (exact) mass is 212 g/mol. The molecule has 14 heavy (non-hydrogen) atoms. The van der Waals surface area contributed by atoms with Crippen molar-refractivity contribution >= 4 is 17.4 Å². The fraction of sp³-hybridized carbons (Fsp3) is 0.364. The first kappa shape index (κ1) is 11.2. The van der Waals surface area contributed by atoms with E-state index in [0.29, 0.717) is 24.5 Å². The Kier molecular flexibility index (Phi) is 4.63. The van der Waals surface area contributed by atoms with Gasteiger partial charge in [0.15, 0.2) is 0 Å². The van der Waals surface area contributed by atoms with Gasteiger partial charge < -0.3 is 4.74 Å². The predicted molar refractivity (Wildman–Crippen MR) is 56.7 cm³/mol. The van der Waals surface area contributed by atoms with Crippen LogP contribution in [0.5, 0.6) is 0 Å². The van der Waals surface area contributed by atoms with Crippen LogP contribution < -0.4 is 0 Å². The third-order valence-electron chi connectivity index (χ3n) is 1.88. The van der Waals surface area contributed by atoms with E-state index in [0.717, 1.165) is 5.56 Å². The number of hydrogen-bond donors (Lipinski definition) is 0. The summed E-state index contributed by atoms with van der Waals surface area (Å²) in [7, 11) is 1.59. The molecule has 0 unspecified atom stereocenters. The average Bonchev–Trinajstić information content (AvgIpc) is 2.15. The van der Waals surface area contributed by atoms with Crippen molar-refractivity contribution in [2.75, 3.05) is 13.7 Å². The molecule has 0 saturated heterocycles. The Morgan fingerprint density at radius 1 is 1.50 bits per heavy atom. The molecule has 1 rings (SSSR count). The molecule has 0 radical (unpaired) electrons. The quantitative estimate of drug-likeness (QED) is 0.750. The van der Waals surface area contributed by atoms with Crippen LogP contribution in [0.3, 0.4) is 0 Å². The van der Waals surface area contributed by atoms with Gasteiger partial charge in [-0.15, -0.1) is 0 Å². The number of rotatable bonds is 5. The van der Waals surface area contributed by atoms with Crippen LogP contribution in [0.4, 0.5) is 0 Å². The summed E-state index contributed by atoms with van der Waals surface area (Å²) in [5.74, 6) is 0.175. The lowest BCUT2D eigenvalue weighted by Crippen LogP contribution is -2.05. The molecular formula is C11H13ClO2. The third-order valence-corrected chi connectivity index (χ3v) is 2.11. The molecule has 0 bridgehead atoms. The SMILES string of the molecule is COCCC(=O)Cc1cccc(Cl)c1. The topological polar surface area (TPSA) is 26.3 Å². The van der Waals surface area contributed by atoms with Crippen molar-refractivity contribution in [1.82, 2.24) is 0 Å². The van der Waals surface area contributed by atoms with Crippen molar-refractivity contribution < 1.29 is 9.53 Å². The van der Waals surface area contributed by atoms with Crippen molar-refractivity contribution in [1.29, 1.82) is 0 Å². The predicted octanol–water partition coefficient (Wildman–Crippen LogP) is 2.49. The summed E-state index contributed by atoms with van der Waals surface area (Å²) in [6.45, 7) is 0.486. The molecule has 0 atom stereocenters. The molecule has 0 heterocycles. The highest BCUT2D eigenvalue weighted by Gasteiger charge is 2.03. The number of ketones is 1. The Labute approximate surface area is 88.8 Å². The van der Waals surface area contributed by atoms with E-state index < -0.39 is 0 Å². The maximum absolute atomic E-state index is 11.4. The Morgan fingerprint density at radius 3 is 2.93 bits per heavy atom. The van der Waals surface area contributed by atoms with Crippen LogP contribution in [-0.2, 0) is 16.0 Å². The van der Waals surface area contributed by atoms with Gasteiger partial charge in [-0.1, -0.05) is 23.7 Å². The zero-order valence-electron chi connectivity index (χ0n) is 8.13. The van der Waals surface area contributed by atoms with E-state index in [1.165, 1.54) is 0 Å². The first-order valence-corrected chi connectivity index (χ1v) is 4.85. The second-order valence-corrected chi connectivity index (χ2v) is 3.52. The molecule has 1 aromatic rings. The van der Waals surface area contributed by atoms with E-state index in [9.17, 15) is 4.79 Å². The van der Waals surface area contributed by atoms with Crippen LogP contribution in [0.2, 0.25) is 5.02 Å². The van der Waals surface area contributed by atoms with Crippen molar-refractivity contribution in [3.05, 3.63) is 34.9 Å². The number of ether oxygens (including phenoxy) is 1. The summed E-state index contributed by atoms with van der Waals surface area (Å²) in [4.78, 5) is 11.4. The number of carbonyl (C=O) groups is 1. The van der Waals surface area contributed by atoms with Gasteiger partial charge in [0.25, 0.3) is 0 Å². The summed E-state index contributed by atoms with van der Waals surface area (Å²) in [5, 5.41) is 0.669. The molecule has 0 aliphatic carbocycles. The average molecular weight is 213 g/mol. The molecule has 0 spiro atoms. The van der Waals surface area contributed by atoms with Crippen LogP contribution in [-0.4, -0.2) is 19.5 Å². The minimum atomic E-state index is 0.175. The molecule has 0 fully saturated rings. The van der Waals surface area contributed by atoms with Crippen LogP contribution >= 0.6 is 11.6 Å². The fourth-order valence-corrected chi connectivity index (χ4v) is 1.39. The Balaban J connectivity index is 2.47. The number of carbonyl (C=O) groups excluding carboxylic acids is 1. The molecule has 0 aliphatic rings. The Bertz CT molecular complexity index is 310. The van der Waals surface area contributed by atoms with E-state index in [-0.39, 0.29) is 5.78 Å². The van der Waals surface area contributed by atoms with E-state index in [1.807, 2.05) is 18.2 Å². The summed E-state index contributed by atoms with van der Waals surface area (Å²) >= 11 is 5.80. The summed E-state index contributed by atoms with van der Waals surface area (Å²) < 4.78 is 4.83. The van der Waals surface area contributed by atoms with Gasteiger partial charge in [0, 0.05) is 25.0 Å². The second-order valence-electron chi connectivity index (χ2n) is 3.09. The number of benzene rings is 1. The van der Waals surface area contributed by atoms with Gasteiger partial charge in [-0.3, -0.25) is 4.79 Å².